The number of nitrogens with zero attached hydrogens (tertiary/aromatic N) is 4. The average Bonchev–Trinajstić information content (AvgIpc) is 3.47. The zero-order chi connectivity index (χ0) is 23.7. The van der Waals surface area contributed by atoms with E-state index in [0.717, 1.165) is 60.6 Å². The van der Waals surface area contributed by atoms with Crippen LogP contribution in [0.5, 0.6) is 0 Å². The highest BCUT2D eigenvalue weighted by Crippen LogP contribution is 2.27. The van der Waals surface area contributed by atoms with E-state index in [4.69, 9.17) is 5.10 Å². The van der Waals surface area contributed by atoms with Gasteiger partial charge in [0.05, 0.1) is 11.4 Å². The Morgan fingerprint density at radius 3 is 2.44 bits per heavy atom. The molecule has 0 aliphatic carbocycles. The lowest BCUT2D eigenvalue weighted by atomic mass is 9.90. The van der Waals surface area contributed by atoms with E-state index in [9.17, 15) is 4.79 Å². The predicted octanol–water partition coefficient (Wildman–Crippen LogP) is 5.59. The Bertz CT molecular complexity index is 1290. The van der Waals surface area contributed by atoms with Gasteiger partial charge in [0.15, 0.2) is 0 Å². The lowest BCUT2D eigenvalue weighted by Gasteiger charge is -2.32. The number of hydrogen-bond acceptors (Lipinski definition) is 2. The lowest BCUT2D eigenvalue weighted by molar-refractivity contribution is 0.0681. The van der Waals surface area contributed by atoms with Crippen molar-refractivity contribution in [1.29, 1.82) is 0 Å². The first-order valence-electron chi connectivity index (χ1n) is 12.1. The molecule has 1 saturated heterocycles. The van der Waals surface area contributed by atoms with Crippen LogP contribution in [0.15, 0.2) is 72.9 Å². The molecule has 174 valence electrons. The summed E-state index contributed by atoms with van der Waals surface area (Å²) in [5, 5.41) is 4.92. The zero-order valence-electron chi connectivity index (χ0n) is 20.2. The minimum absolute atomic E-state index is 0.0621. The van der Waals surface area contributed by atoms with E-state index in [1.165, 1.54) is 5.56 Å². The van der Waals surface area contributed by atoms with Crippen molar-refractivity contribution in [1.82, 2.24) is 19.2 Å². The molecule has 5 rings (SSSR count). The van der Waals surface area contributed by atoms with Gasteiger partial charge in [-0.25, -0.2) is 4.68 Å². The van der Waals surface area contributed by atoms with Crippen molar-refractivity contribution in [2.75, 3.05) is 13.1 Å². The summed E-state index contributed by atoms with van der Waals surface area (Å²) < 4.78 is 3.89. The van der Waals surface area contributed by atoms with Crippen molar-refractivity contribution >= 4 is 5.91 Å². The summed E-state index contributed by atoms with van der Waals surface area (Å²) in [7, 11) is 2.01. The topological polar surface area (TPSA) is 43.1 Å². The Kier molecular flexibility index (Phi) is 6.10. The van der Waals surface area contributed by atoms with Crippen LogP contribution in [-0.2, 0) is 13.5 Å². The van der Waals surface area contributed by atoms with Crippen LogP contribution in [0, 0.1) is 19.8 Å². The van der Waals surface area contributed by atoms with E-state index >= 15 is 0 Å². The first-order valence-corrected chi connectivity index (χ1v) is 12.1. The summed E-state index contributed by atoms with van der Waals surface area (Å²) in [6, 6.07) is 23.0. The standard InChI is InChI=1S/C29H32N4O/c1-21-11-12-22(2)27(18-21)33-28(20-25(30-33)26-10-7-15-31(26)3)29(34)32-16-13-24(14-17-32)19-23-8-5-4-6-9-23/h4-12,15,18,20,24H,13-14,16-17,19H2,1-3H3. The van der Waals surface area contributed by atoms with Gasteiger partial charge < -0.3 is 9.47 Å². The maximum Gasteiger partial charge on any atom is 0.272 e. The third-order valence-corrected chi connectivity index (χ3v) is 7.00. The second kappa shape index (κ2) is 9.34. The van der Waals surface area contributed by atoms with E-state index in [-0.39, 0.29) is 5.91 Å². The Morgan fingerprint density at radius 2 is 1.74 bits per heavy atom. The van der Waals surface area contributed by atoms with Gasteiger partial charge in [-0.1, -0.05) is 42.5 Å². The number of hydrogen-bond donors (Lipinski definition) is 0. The van der Waals surface area contributed by atoms with Crippen molar-refractivity contribution in [3.05, 3.63) is 95.3 Å². The third-order valence-electron chi connectivity index (χ3n) is 7.00. The molecule has 0 radical (unpaired) electrons. The van der Waals surface area contributed by atoms with Crippen LogP contribution in [0.3, 0.4) is 0 Å². The molecule has 1 aliphatic rings. The molecule has 0 unspecified atom stereocenters. The molecule has 1 amide bonds. The highest BCUT2D eigenvalue weighted by molar-refractivity contribution is 5.94. The van der Waals surface area contributed by atoms with Crippen LogP contribution < -0.4 is 0 Å². The Hall–Kier alpha value is -3.60. The summed E-state index contributed by atoms with van der Waals surface area (Å²) in [4.78, 5) is 15.8. The van der Waals surface area contributed by atoms with Gasteiger partial charge >= 0.3 is 0 Å². The fourth-order valence-electron chi connectivity index (χ4n) is 4.97. The lowest BCUT2D eigenvalue weighted by Crippen LogP contribution is -2.39. The molecule has 0 spiro atoms. The number of amides is 1. The molecular weight excluding hydrogens is 420 g/mol. The van der Waals surface area contributed by atoms with Gasteiger partial charge in [-0.05, 0) is 80.0 Å². The number of aromatic nitrogens is 3. The quantitative estimate of drug-likeness (QED) is 0.396. The van der Waals surface area contributed by atoms with E-state index in [0.29, 0.717) is 11.6 Å². The van der Waals surface area contributed by atoms with Gasteiger partial charge in [-0.15, -0.1) is 0 Å². The number of piperidine rings is 1. The van der Waals surface area contributed by atoms with Crippen molar-refractivity contribution in [3.8, 4) is 17.1 Å². The summed E-state index contributed by atoms with van der Waals surface area (Å²) >= 11 is 0. The molecule has 5 heteroatoms. The largest absolute Gasteiger partial charge is 0.349 e. The van der Waals surface area contributed by atoms with Gasteiger partial charge in [0.25, 0.3) is 5.91 Å². The number of carbonyl (C=O) groups excluding carboxylic acids is 1. The molecule has 0 atom stereocenters. The van der Waals surface area contributed by atoms with Crippen LogP contribution in [0.1, 0.15) is 40.0 Å². The minimum atomic E-state index is 0.0621. The Balaban J connectivity index is 1.42. The van der Waals surface area contributed by atoms with E-state index in [1.807, 2.05) is 45.6 Å². The molecular formula is C29H32N4O. The predicted molar refractivity (Wildman–Crippen MR) is 136 cm³/mol. The molecule has 5 nitrogen and oxygen atoms in total. The highest BCUT2D eigenvalue weighted by atomic mass is 16.2. The molecule has 1 fully saturated rings. The second-order valence-corrected chi connectivity index (χ2v) is 9.55. The molecule has 0 N–H and O–H groups in total. The van der Waals surface area contributed by atoms with Gasteiger partial charge in [-0.3, -0.25) is 4.79 Å². The van der Waals surface area contributed by atoms with Gasteiger partial charge in [0.2, 0.25) is 0 Å². The molecule has 0 saturated carbocycles. The molecule has 0 bridgehead atoms. The molecule has 2 aromatic carbocycles. The van der Waals surface area contributed by atoms with Crippen LogP contribution in [0.4, 0.5) is 0 Å². The number of benzene rings is 2. The number of likely N-dealkylation sites (tertiary alicyclic amines) is 1. The minimum Gasteiger partial charge on any atom is -0.349 e. The van der Waals surface area contributed by atoms with Crippen molar-refractivity contribution in [2.45, 2.75) is 33.1 Å². The summed E-state index contributed by atoms with van der Waals surface area (Å²) in [5.74, 6) is 0.682. The summed E-state index contributed by atoms with van der Waals surface area (Å²) in [6.07, 6.45) is 5.15. The monoisotopic (exact) mass is 452 g/mol. The first kappa shape index (κ1) is 22.2. The molecule has 3 heterocycles. The fraction of sp³-hybridized carbons (Fsp3) is 0.310. The van der Waals surface area contributed by atoms with Crippen LogP contribution >= 0.6 is 0 Å². The summed E-state index contributed by atoms with van der Waals surface area (Å²) in [5.41, 5.74) is 7.04. The molecule has 4 aromatic rings. The highest BCUT2D eigenvalue weighted by Gasteiger charge is 2.28. The molecule has 1 aliphatic heterocycles. The van der Waals surface area contributed by atoms with Crippen LogP contribution in [0.25, 0.3) is 17.1 Å². The number of aryl methyl sites for hydroxylation is 3. The number of carbonyl (C=O) groups is 1. The van der Waals surface area contributed by atoms with Crippen LogP contribution in [-0.4, -0.2) is 38.2 Å². The Labute approximate surface area is 201 Å². The van der Waals surface area contributed by atoms with Gasteiger partial charge in [0, 0.05) is 26.3 Å². The van der Waals surface area contributed by atoms with Crippen molar-refractivity contribution < 1.29 is 4.79 Å². The normalized spacial score (nSPS) is 14.5. The Morgan fingerprint density at radius 1 is 0.971 bits per heavy atom. The van der Waals surface area contributed by atoms with Gasteiger partial charge in [0.1, 0.15) is 11.4 Å². The van der Waals surface area contributed by atoms with E-state index < -0.39 is 0 Å². The maximum absolute atomic E-state index is 13.8. The zero-order valence-corrected chi connectivity index (χ0v) is 20.2. The van der Waals surface area contributed by atoms with E-state index in [2.05, 4.69) is 62.4 Å². The molecule has 2 aromatic heterocycles. The SMILES string of the molecule is Cc1ccc(C)c(-n2nc(-c3cccn3C)cc2C(=O)N2CCC(Cc3ccccc3)CC2)c1. The first-order chi connectivity index (χ1) is 16.5. The fourth-order valence-corrected chi connectivity index (χ4v) is 4.97. The maximum atomic E-state index is 13.8. The average molecular weight is 453 g/mol. The van der Waals surface area contributed by atoms with Crippen molar-refractivity contribution in [3.63, 3.8) is 0 Å². The number of rotatable bonds is 5. The smallest absolute Gasteiger partial charge is 0.272 e. The van der Waals surface area contributed by atoms with Crippen molar-refractivity contribution in [2.24, 2.45) is 13.0 Å². The third kappa shape index (κ3) is 4.43. The van der Waals surface area contributed by atoms with E-state index in [1.54, 1.807) is 0 Å². The van der Waals surface area contributed by atoms with Gasteiger partial charge in [-0.2, -0.15) is 5.10 Å². The molecule has 34 heavy (non-hydrogen) atoms. The second-order valence-electron chi connectivity index (χ2n) is 9.55. The van der Waals surface area contributed by atoms with Crippen LogP contribution in [0.2, 0.25) is 0 Å². The summed E-state index contributed by atoms with van der Waals surface area (Å²) in [6.45, 7) is 5.72.